The Morgan fingerprint density at radius 3 is 2.36 bits per heavy atom. The molecular weight excluding hydrogens is 481 g/mol. The number of halogens is 1. The number of hydrogen-bond donors (Lipinski definition) is 2. The Hall–Kier alpha value is -3.21. The maximum absolute atomic E-state index is 13.5. The minimum absolute atomic E-state index is 0.0653. The summed E-state index contributed by atoms with van der Waals surface area (Å²) in [4.78, 5) is 17.6. The van der Waals surface area contributed by atoms with E-state index in [1.807, 2.05) is 4.57 Å². The van der Waals surface area contributed by atoms with Crippen molar-refractivity contribution >= 4 is 23.8 Å². The summed E-state index contributed by atoms with van der Waals surface area (Å²) in [6.07, 6.45) is 0.752. The highest BCUT2D eigenvalue weighted by Crippen LogP contribution is 2.27. The molecule has 3 aromatic rings. The fraction of sp³-hybridized carbons (Fsp3) is 0.385. The molecule has 0 saturated carbocycles. The number of carbonyl (C=O) groups is 1. The fourth-order valence-corrected chi connectivity index (χ4v) is 4.75. The van der Waals surface area contributed by atoms with Gasteiger partial charge in [-0.25, -0.2) is 4.39 Å². The number of likely N-dealkylation sites (N-methyl/N-ethyl adjacent to an activating group) is 1. The fourth-order valence-electron chi connectivity index (χ4n) is 4.36. The van der Waals surface area contributed by atoms with Crippen molar-refractivity contribution in [2.75, 3.05) is 52.2 Å². The number of ether oxygens (including phenoxy) is 1. The number of nitrogens with zero attached hydrogens (tertiary/aromatic N) is 4. The van der Waals surface area contributed by atoms with Gasteiger partial charge in [-0.1, -0.05) is 0 Å². The molecule has 10 heteroatoms. The van der Waals surface area contributed by atoms with E-state index in [1.165, 1.54) is 16.7 Å². The molecular formula is C26H32FN5O3S. The van der Waals surface area contributed by atoms with Gasteiger partial charge in [0.05, 0.1) is 24.9 Å². The Morgan fingerprint density at radius 1 is 1.06 bits per heavy atom. The van der Waals surface area contributed by atoms with Gasteiger partial charge in [0.25, 0.3) is 0 Å². The molecule has 1 amide bonds. The number of aromatic nitrogens is 2. The largest absolute Gasteiger partial charge is 0.497 e. The van der Waals surface area contributed by atoms with Gasteiger partial charge >= 0.3 is 0 Å². The molecule has 8 nitrogen and oxygen atoms in total. The van der Waals surface area contributed by atoms with E-state index in [1.54, 1.807) is 43.5 Å². The number of rotatable bonds is 9. The summed E-state index contributed by atoms with van der Waals surface area (Å²) < 4.78 is 22.3. The molecule has 4 rings (SSSR count). The third-order valence-electron chi connectivity index (χ3n) is 6.46. The molecule has 0 radical (unpaired) electrons. The van der Waals surface area contributed by atoms with Crippen molar-refractivity contribution in [1.82, 2.24) is 18.9 Å². The number of benzene rings is 2. The summed E-state index contributed by atoms with van der Waals surface area (Å²) in [6, 6.07) is 12.8. The average Bonchev–Trinajstić information content (AvgIpc) is 3.10. The molecule has 2 N–H and O–H groups in total. The zero-order valence-electron chi connectivity index (χ0n) is 20.6. The minimum Gasteiger partial charge on any atom is -0.497 e. The van der Waals surface area contributed by atoms with E-state index in [0.29, 0.717) is 34.1 Å². The highest BCUT2D eigenvalue weighted by Gasteiger charge is 2.22. The molecule has 0 atom stereocenters. The summed E-state index contributed by atoms with van der Waals surface area (Å²) in [5.41, 5.74) is 1.58. The lowest BCUT2D eigenvalue weighted by Gasteiger charge is -2.32. The van der Waals surface area contributed by atoms with E-state index in [-0.39, 0.29) is 24.0 Å². The highest BCUT2D eigenvalue weighted by molar-refractivity contribution is 7.71. The van der Waals surface area contributed by atoms with Gasteiger partial charge in [0.1, 0.15) is 11.6 Å². The predicted molar refractivity (Wildman–Crippen MR) is 140 cm³/mol. The second kappa shape index (κ2) is 11.7. The van der Waals surface area contributed by atoms with E-state index in [9.17, 15) is 14.3 Å². The van der Waals surface area contributed by atoms with Crippen molar-refractivity contribution in [1.29, 1.82) is 0 Å². The number of piperazine rings is 1. The minimum atomic E-state index is -0.379. The van der Waals surface area contributed by atoms with Crippen molar-refractivity contribution in [3.8, 4) is 17.3 Å². The summed E-state index contributed by atoms with van der Waals surface area (Å²) in [6.45, 7) is 5.56. The molecule has 2 heterocycles. The van der Waals surface area contributed by atoms with Gasteiger partial charge in [-0.3, -0.25) is 9.36 Å². The zero-order chi connectivity index (χ0) is 25.7. The monoisotopic (exact) mass is 513 g/mol. The molecule has 0 unspecified atom stereocenters. The van der Waals surface area contributed by atoms with E-state index >= 15 is 0 Å². The normalized spacial score (nSPS) is 14.6. The first-order chi connectivity index (χ1) is 17.4. The Labute approximate surface area is 215 Å². The molecule has 1 aliphatic heterocycles. The van der Waals surface area contributed by atoms with Crippen molar-refractivity contribution in [3.05, 3.63) is 64.8 Å². The van der Waals surface area contributed by atoms with E-state index < -0.39 is 0 Å². The van der Waals surface area contributed by atoms with Gasteiger partial charge < -0.3 is 29.5 Å². The molecule has 36 heavy (non-hydrogen) atoms. The smallest absolute Gasteiger partial charge is 0.230 e. The molecule has 192 valence electrons. The van der Waals surface area contributed by atoms with Crippen LogP contribution in [0.4, 0.5) is 10.1 Å². The van der Waals surface area contributed by atoms with Crippen LogP contribution in [0.3, 0.4) is 0 Å². The Balaban J connectivity index is 1.55. The zero-order valence-corrected chi connectivity index (χ0v) is 21.4. The first-order valence-corrected chi connectivity index (χ1v) is 12.4. The maximum atomic E-state index is 13.5. The summed E-state index contributed by atoms with van der Waals surface area (Å²) >= 11 is 5.72. The Morgan fingerprint density at radius 2 is 1.72 bits per heavy atom. The maximum Gasteiger partial charge on any atom is 0.230 e. The number of nitrogens with one attached hydrogen (secondary N) is 1. The molecule has 1 aliphatic rings. The van der Waals surface area contributed by atoms with Crippen LogP contribution in [-0.2, 0) is 17.8 Å². The number of carbonyl (C=O) groups excluding carboxylic acids is 1. The number of methoxy groups -OCH3 is 1. The molecule has 0 spiro atoms. The summed E-state index contributed by atoms with van der Waals surface area (Å²) in [5, 5.41) is 14.0. The third kappa shape index (κ3) is 6.13. The van der Waals surface area contributed by atoms with Crippen LogP contribution in [0.1, 0.15) is 12.1 Å². The van der Waals surface area contributed by atoms with Crippen LogP contribution in [0.2, 0.25) is 0 Å². The van der Waals surface area contributed by atoms with Crippen molar-refractivity contribution in [2.45, 2.75) is 19.4 Å². The van der Waals surface area contributed by atoms with Crippen LogP contribution in [0, 0.1) is 10.6 Å². The highest BCUT2D eigenvalue weighted by atomic mass is 32.1. The molecule has 2 aromatic carbocycles. The van der Waals surface area contributed by atoms with Crippen molar-refractivity contribution in [3.63, 3.8) is 0 Å². The van der Waals surface area contributed by atoms with E-state index in [2.05, 4.69) is 22.2 Å². The van der Waals surface area contributed by atoms with Crippen LogP contribution in [-0.4, -0.2) is 76.8 Å². The average molecular weight is 514 g/mol. The number of aromatic hydroxyl groups is 1. The van der Waals surface area contributed by atoms with Crippen molar-refractivity contribution < 1.29 is 19.0 Å². The number of amides is 1. The molecule has 1 fully saturated rings. The van der Waals surface area contributed by atoms with E-state index in [0.717, 1.165) is 39.1 Å². The lowest BCUT2D eigenvalue weighted by Crippen LogP contribution is -2.44. The molecule has 1 aromatic heterocycles. The van der Waals surface area contributed by atoms with Crippen LogP contribution in [0.25, 0.3) is 5.69 Å². The summed E-state index contributed by atoms with van der Waals surface area (Å²) in [7, 11) is 3.71. The lowest BCUT2D eigenvalue weighted by molar-refractivity contribution is -0.115. The number of hydrogen-bond acceptors (Lipinski definition) is 6. The predicted octanol–water partition coefficient (Wildman–Crippen LogP) is 3.68. The Bertz CT molecular complexity index is 1230. The molecule has 1 saturated heterocycles. The number of imidazole rings is 1. The van der Waals surface area contributed by atoms with Gasteiger partial charge in [-0.15, -0.1) is 0 Å². The van der Waals surface area contributed by atoms with Crippen LogP contribution in [0.15, 0.2) is 48.5 Å². The quantitative estimate of drug-likeness (QED) is 0.426. The first kappa shape index (κ1) is 25.9. The Kier molecular flexibility index (Phi) is 8.40. The molecule has 0 bridgehead atoms. The first-order valence-electron chi connectivity index (χ1n) is 12.0. The van der Waals surface area contributed by atoms with Gasteiger partial charge in [0.2, 0.25) is 11.8 Å². The topological polar surface area (TPSA) is 74.9 Å². The van der Waals surface area contributed by atoms with Gasteiger partial charge in [0, 0.05) is 38.4 Å². The van der Waals surface area contributed by atoms with Crippen LogP contribution >= 0.6 is 12.2 Å². The van der Waals surface area contributed by atoms with Gasteiger partial charge in [-0.05, 0) is 80.8 Å². The van der Waals surface area contributed by atoms with Crippen LogP contribution < -0.4 is 10.1 Å². The number of anilines is 1. The van der Waals surface area contributed by atoms with Gasteiger partial charge in [0.15, 0.2) is 4.77 Å². The second-order valence-electron chi connectivity index (χ2n) is 8.97. The van der Waals surface area contributed by atoms with E-state index in [4.69, 9.17) is 17.0 Å². The van der Waals surface area contributed by atoms with Crippen LogP contribution in [0.5, 0.6) is 11.6 Å². The third-order valence-corrected chi connectivity index (χ3v) is 6.86. The van der Waals surface area contributed by atoms with Crippen molar-refractivity contribution in [2.24, 2.45) is 0 Å². The standard InChI is InChI=1S/C26H32FN5O3S/c1-29-14-16-30(17-15-29)12-3-13-31-23(18-24(33)28-20-6-10-22(35-2)11-7-20)25(34)32(26(31)36)21-8-4-19(27)5-9-21/h4-11,34H,3,12-18H2,1-2H3,(H,28,33). The lowest BCUT2D eigenvalue weighted by atomic mass is 10.2. The SMILES string of the molecule is COc1ccc(NC(=O)Cc2c(O)n(-c3ccc(F)cc3)c(=S)n2CCCN2CCN(C)CC2)cc1. The summed E-state index contributed by atoms with van der Waals surface area (Å²) in [5.74, 6) is -0.0861. The second-order valence-corrected chi connectivity index (χ2v) is 9.33. The van der Waals surface area contributed by atoms with Gasteiger partial charge in [-0.2, -0.15) is 0 Å². The molecule has 0 aliphatic carbocycles.